The number of ether oxygens (including phenoxy) is 2. The van der Waals surface area contributed by atoms with Crippen molar-refractivity contribution in [2.45, 2.75) is 31.8 Å². The monoisotopic (exact) mass is 292 g/mol. The molecule has 1 aliphatic heterocycles. The van der Waals surface area contributed by atoms with Crippen molar-refractivity contribution < 1.29 is 14.3 Å². The van der Waals surface area contributed by atoms with Crippen molar-refractivity contribution in [3.8, 4) is 0 Å². The highest BCUT2D eigenvalue weighted by Crippen LogP contribution is 2.27. The van der Waals surface area contributed by atoms with Crippen LogP contribution in [-0.4, -0.2) is 51.5 Å². The summed E-state index contributed by atoms with van der Waals surface area (Å²) < 4.78 is 10.8. The van der Waals surface area contributed by atoms with Crippen LogP contribution in [0.25, 0.3) is 0 Å². The van der Waals surface area contributed by atoms with Crippen LogP contribution in [0.4, 0.5) is 0 Å². The summed E-state index contributed by atoms with van der Waals surface area (Å²) in [6, 6.07) is 0. The number of carbonyl (C=O) groups is 1. The van der Waals surface area contributed by atoms with E-state index in [0.29, 0.717) is 19.7 Å². The fraction of sp³-hybridized carbons (Fsp3) is 0.923. The molecule has 1 amide bonds. The summed E-state index contributed by atoms with van der Waals surface area (Å²) in [4.78, 5) is 11.4. The van der Waals surface area contributed by atoms with Crippen molar-refractivity contribution in [1.29, 1.82) is 0 Å². The lowest BCUT2D eigenvalue weighted by atomic mass is 10.3. The summed E-state index contributed by atoms with van der Waals surface area (Å²) in [5, 5.41) is 6.06. The minimum Gasteiger partial charge on any atom is -0.379 e. The van der Waals surface area contributed by atoms with Gasteiger partial charge in [-0.1, -0.05) is 0 Å². The highest BCUT2D eigenvalue weighted by molar-refractivity contribution is 5.85. The molecule has 2 fully saturated rings. The fourth-order valence-corrected chi connectivity index (χ4v) is 1.97. The van der Waals surface area contributed by atoms with Crippen LogP contribution < -0.4 is 10.6 Å². The van der Waals surface area contributed by atoms with Crippen LogP contribution in [0.5, 0.6) is 0 Å². The van der Waals surface area contributed by atoms with Gasteiger partial charge in [0.05, 0.1) is 19.3 Å². The Morgan fingerprint density at radius 3 is 2.84 bits per heavy atom. The lowest BCUT2D eigenvalue weighted by Crippen LogP contribution is -2.35. The largest absolute Gasteiger partial charge is 0.379 e. The molecule has 6 heteroatoms. The molecule has 2 aliphatic rings. The summed E-state index contributed by atoms with van der Waals surface area (Å²) in [6.07, 6.45) is 4.76. The SMILES string of the molecule is Cl.O=C(CNCC1CC1)NCCCOC1CCOC1. The molecule has 2 rings (SSSR count). The van der Waals surface area contributed by atoms with E-state index in [4.69, 9.17) is 9.47 Å². The van der Waals surface area contributed by atoms with Crippen molar-refractivity contribution in [2.24, 2.45) is 5.92 Å². The van der Waals surface area contributed by atoms with Gasteiger partial charge in [-0.15, -0.1) is 12.4 Å². The number of carbonyl (C=O) groups excluding carboxylic acids is 1. The molecule has 2 N–H and O–H groups in total. The molecular weight excluding hydrogens is 268 g/mol. The normalized spacial score (nSPS) is 22.0. The fourth-order valence-electron chi connectivity index (χ4n) is 1.97. The van der Waals surface area contributed by atoms with E-state index < -0.39 is 0 Å². The molecule has 112 valence electrons. The lowest BCUT2D eigenvalue weighted by molar-refractivity contribution is -0.120. The first-order valence-electron chi connectivity index (χ1n) is 7.01. The number of amides is 1. The Morgan fingerprint density at radius 1 is 1.32 bits per heavy atom. The van der Waals surface area contributed by atoms with E-state index in [1.165, 1.54) is 12.8 Å². The molecule has 0 aromatic rings. The Morgan fingerprint density at radius 2 is 2.16 bits per heavy atom. The minimum absolute atomic E-state index is 0. The Hall–Kier alpha value is -0.360. The second kappa shape index (κ2) is 9.53. The van der Waals surface area contributed by atoms with Gasteiger partial charge < -0.3 is 20.1 Å². The van der Waals surface area contributed by atoms with Gasteiger partial charge in [0.25, 0.3) is 0 Å². The van der Waals surface area contributed by atoms with Crippen LogP contribution in [-0.2, 0) is 14.3 Å². The maximum absolute atomic E-state index is 11.4. The second-order valence-corrected chi connectivity index (χ2v) is 5.13. The zero-order valence-corrected chi connectivity index (χ0v) is 12.2. The average molecular weight is 293 g/mol. The van der Waals surface area contributed by atoms with Crippen LogP contribution in [0.1, 0.15) is 25.7 Å². The van der Waals surface area contributed by atoms with Gasteiger partial charge >= 0.3 is 0 Å². The van der Waals surface area contributed by atoms with Gasteiger partial charge in [0.15, 0.2) is 0 Å². The molecule has 0 aromatic carbocycles. The second-order valence-electron chi connectivity index (χ2n) is 5.13. The van der Waals surface area contributed by atoms with Gasteiger partial charge in [-0.25, -0.2) is 0 Å². The van der Waals surface area contributed by atoms with Gasteiger partial charge in [-0.2, -0.15) is 0 Å². The number of hydrogen-bond acceptors (Lipinski definition) is 4. The van der Waals surface area contributed by atoms with Crippen molar-refractivity contribution in [3.63, 3.8) is 0 Å². The van der Waals surface area contributed by atoms with Gasteiger partial charge in [0, 0.05) is 19.8 Å². The quantitative estimate of drug-likeness (QED) is 0.615. The molecule has 1 saturated heterocycles. The summed E-state index contributed by atoms with van der Waals surface area (Å²) in [6.45, 7) is 4.35. The van der Waals surface area contributed by atoms with E-state index in [1.54, 1.807) is 0 Å². The average Bonchev–Trinajstić information content (AvgIpc) is 3.03. The first-order chi connectivity index (χ1) is 8.84. The zero-order valence-electron chi connectivity index (χ0n) is 11.4. The van der Waals surface area contributed by atoms with Crippen molar-refractivity contribution >= 4 is 18.3 Å². The smallest absolute Gasteiger partial charge is 0.233 e. The molecule has 0 radical (unpaired) electrons. The van der Waals surface area contributed by atoms with Crippen LogP contribution >= 0.6 is 12.4 Å². The predicted octanol–water partition coefficient (Wildman–Crippen LogP) is 0.720. The van der Waals surface area contributed by atoms with E-state index >= 15 is 0 Å². The van der Waals surface area contributed by atoms with E-state index in [-0.39, 0.29) is 24.4 Å². The third-order valence-corrected chi connectivity index (χ3v) is 3.30. The van der Waals surface area contributed by atoms with Crippen LogP contribution in [0.15, 0.2) is 0 Å². The van der Waals surface area contributed by atoms with Gasteiger partial charge in [-0.05, 0) is 38.1 Å². The molecule has 1 heterocycles. The Bertz CT molecular complexity index is 256. The maximum Gasteiger partial charge on any atom is 0.233 e. The van der Waals surface area contributed by atoms with Crippen LogP contribution in [0, 0.1) is 5.92 Å². The number of halogens is 1. The molecule has 1 unspecified atom stereocenters. The molecule has 5 nitrogen and oxygen atoms in total. The molecule has 0 bridgehead atoms. The van der Waals surface area contributed by atoms with E-state index in [1.807, 2.05) is 0 Å². The first-order valence-corrected chi connectivity index (χ1v) is 7.01. The van der Waals surface area contributed by atoms with E-state index in [0.717, 1.165) is 38.5 Å². The molecule has 0 aromatic heterocycles. The summed E-state index contributed by atoms with van der Waals surface area (Å²) in [7, 11) is 0. The summed E-state index contributed by atoms with van der Waals surface area (Å²) in [5.74, 6) is 0.902. The zero-order chi connectivity index (χ0) is 12.6. The van der Waals surface area contributed by atoms with Crippen molar-refractivity contribution in [2.75, 3.05) is 39.5 Å². The molecular formula is C13H25ClN2O3. The van der Waals surface area contributed by atoms with Crippen LogP contribution in [0.2, 0.25) is 0 Å². The minimum atomic E-state index is 0. The first kappa shape index (κ1) is 16.7. The summed E-state index contributed by atoms with van der Waals surface area (Å²) in [5.41, 5.74) is 0. The van der Waals surface area contributed by atoms with E-state index in [9.17, 15) is 4.79 Å². The molecule has 1 aliphatic carbocycles. The predicted molar refractivity (Wildman–Crippen MR) is 75.6 cm³/mol. The number of nitrogens with one attached hydrogen (secondary N) is 2. The van der Waals surface area contributed by atoms with Gasteiger partial charge in [0.1, 0.15) is 0 Å². The third-order valence-electron chi connectivity index (χ3n) is 3.30. The number of hydrogen-bond donors (Lipinski definition) is 2. The van der Waals surface area contributed by atoms with Crippen molar-refractivity contribution in [1.82, 2.24) is 10.6 Å². The standard InChI is InChI=1S/C13H24N2O3.ClH/c16-13(9-14-8-11-2-3-11)15-5-1-6-18-12-4-7-17-10-12;/h11-12,14H,1-10H2,(H,15,16);1H. The Balaban J connectivity index is 0.00000180. The van der Waals surface area contributed by atoms with E-state index in [2.05, 4.69) is 10.6 Å². The van der Waals surface area contributed by atoms with Crippen molar-refractivity contribution in [3.05, 3.63) is 0 Å². The number of rotatable bonds is 9. The third kappa shape index (κ3) is 7.72. The molecule has 0 spiro atoms. The summed E-state index contributed by atoms with van der Waals surface area (Å²) >= 11 is 0. The topological polar surface area (TPSA) is 59.6 Å². The highest BCUT2D eigenvalue weighted by Gasteiger charge is 2.20. The Kier molecular flexibility index (Phi) is 8.37. The highest BCUT2D eigenvalue weighted by atomic mass is 35.5. The molecule has 1 saturated carbocycles. The Labute approximate surface area is 121 Å². The molecule has 1 atom stereocenters. The van der Waals surface area contributed by atoms with Gasteiger partial charge in [0.2, 0.25) is 5.91 Å². The maximum atomic E-state index is 11.4. The lowest BCUT2D eigenvalue weighted by Gasteiger charge is -2.10. The van der Waals surface area contributed by atoms with Crippen LogP contribution in [0.3, 0.4) is 0 Å². The van der Waals surface area contributed by atoms with Gasteiger partial charge in [-0.3, -0.25) is 4.79 Å². The molecule has 19 heavy (non-hydrogen) atoms.